The zero-order valence-corrected chi connectivity index (χ0v) is 45.9. The minimum atomic E-state index is -2.29. The Morgan fingerprint density at radius 2 is 0.506 bits per heavy atom. The van der Waals surface area contributed by atoms with Gasteiger partial charge in [0, 0.05) is 0 Å². The average molecular weight is 1270 g/mol. The highest BCUT2D eigenvalue weighted by molar-refractivity contribution is 5.89. The Morgan fingerprint density at radius 3 is 0.701 bits per heavy atom. The zero-order chi connectivity index (χ0) is 63.0. The molecule has 14 bridgehead atoms. The molecule has 35 atom stereocenters. The van der Waals surface area contributed by atoms with Crippen LogP contribution in [0.5, 0.6) is 5.75 Å². The molecule has 21 aliphatic rings. The van der Waals surface area contributed by atoms with Crippen molar-refractivity contribution < 1.29 is 183 Å². The van der Waals surface area contributed by atoms with Crippen molar-refractivity contribution in [3.05, 3.63) is 29.8 Å². The Bertz CT molecular complexity index is 2300. The highest BCUT2D eigenvalue weighted by atomic mass is 16.8. The van der Waals surface area contributed by atoms with E-state index in [-0.39, 0.29) is 5.56 Å². The number of aliphatic hydroxyl groups excluding tert-OH is 20. The fourth-order valence-electron chi connectivity index (χ4n) is 11.4. The second-order valence-corrected chi connectivity index (χ2v) is 21.8. The predicted octanol–water partition coefficient (Wildman–Crippen LogP) is -13.4. The fraction of sp³-hybridized carbons (Fsp3) is 0.860. The van der Waals surface area contributed by atoms with E-state index >= 15 is 0 Å². The molecule has 498 valence electrons. The van der Waals surface area contributed by atoms with E-state index < -0.39 is 267 Å². The van der Waals surface area contributed by atoms with Gasteiger partial charge in [0.25, 0.3) is 0 Å². The van der Waals surface area contributed by atoms with Gasteiger partial charge in [-0.1, -0.05) is 0 Å². The van der Waals surface area contributed by atoms with Crippen molar-refractivity contribution in [2.24, 2.45) is 0 Å². The Labute approximate surface area is 491 Å². The van der Waals surface area contributed by atoms with Crippen molar-refractivity contribution in [2.45, 2.75) is 215 Å². The molecule has 21 saturated heterocycles. The highest BCUT2D eigenvalue weighted by Gasteiger charge is 2.60. The number of carbonyl (C=O) groups excluding carboxylic acids is 1. The first-order chi connectivity index (χ1) is 41.5. The van der Waals surface area contributed by atoms with E-state index in [2.05, 4.69) is 0 Å². The van der Waals surface area contributed by atoms with Gasteiger partial charge in [0.1, 0.15) is 183 Å². The van der Waals surface area contributed by atoms with E-state index in [1.807, 2.05) is 0 Å². The quantitative estimate of drug-likeness (QED) is 0.0967. The minimum Gasteiger partial charge on any atom is -0.497 e. The number of methoxy groups -OCH3 is 1. The van der Waals surface area contributed by atoms with Gasteiger partial charge in [0.2, 0.25) is 0 Å². The number of rotatable bonds is 10. The second kappa shape index (κ2) is 29.4. The third-order valence-electron chi connectivity index (χ3n) is 16.3. The van der Waals surface area contributed by atoms with E-state index in [0.717, 1.165) is 0 Å². The summed E-state index contributed by atoms with van der Waals surface area (Å²) in [6.07, 6.45) is -71.8. The van der Waals surface area contributed by atoms with Crippen molar-refractivity contribution in [1.29, 1.82) is 0 Å². The van der Waals surface area contributed by atoms with E-state index in [9.17, 15) is 107 Å². The second-order valence-electron chi connectivity index (χ2n) is 21.8. The first-order valence-electron chi connectivity index (χ1n) is 27.7. The first-order valence-corrected chi connectivity index (χ1v) is 27.7. The monoisotopic (exact) mass is 1270 g/mol. The van der Waals surface area contributed by atoms with Gasteiger partial charge < -0.3 is 178 Å². The van der Waals surface area contributed by atoms with Gasteiger partial charge in [0.05, 0.1) is 52.3 Å². The van der Waals surface area contributed by atoms with Gasteiger partial charge in [-0.3, -0.25) is 0 Å². The molecular formula is C50H76O37. The molecule has 37 nitrogen and oxygen atoms in total. The number of esters is 1. The lowest BCUT2D eigenvalue weighted by Gasteiger charge is -2.50. The molecule has 20 N–H and O–H groups in total. The highest BCUT2D eigenvalue weighted by Crippen LogP contribution is 2.39. The van der Waals surface area contributed by atoms with Crippen LogP contribution in [0.4, 0.5) is 0 Å². The third-order valence-corrected chi connectivity index (χ3v) is 16.3. The van der Waals surface area contributed by atoms with Gasteiger partial charge in [-0.25, -0.2) is 4.79 Å². The van der Waals surface area contributed by atoms with Crippen LogP contribution in [0.1, 0.15) is 10.4 Å². The van der Waals surface area contributed by atoms with Crippen LogP contribution in [-0.2, 0) is 71.1 Å². The molecule has 37 heteroatoms. The maximum absolute atomic E-state index is 13.4. The van der Waals surface area contributed by atoms with Crippen molar-refractivity contribution in [1.82, 2.24) is 0 Å². The maximum atomic E-state index is 13.4. The molecule has 0 radical (unpaired) electrons. The maximum Gasteiger partial charge on any atom is 0.338 e. The SMILES string of the molecule is COc1ccc(C(=O)OC[C@H]2O[C@@H]3O[C@H]4[C@H](O)[C@@H](O)[C@@H](O[C@H]5[C@H](O)[C@@H](O)[C@@H](O[C@H]6[C@H](O)[C@@H](O)[C@@H](O[C@H]7[C@H](O)[C@@H](O)[C@@H](O[C@H]8[C@H](O)[C@@H](O)[C@@H](O[C@H]9[C@H](O)[C@@H](O)[C@@H](O[C@H]2[C@H](O)[C@H]3O)O[C@@H]9CO)O[C@@H]8CO)O[C@@H]7CO)O[C@@H]6CO)O[C@@H]5CO)O[C@@H]4CO)cc1. The molecule has 0 spiro atoms. The molecular weight excluding hydrogens is 1190 g/mol. The smallest absolute Gasteiger partial charge is 0.338 e. The summed E-state index contributed by atoms with van der Waals surface area (Å²) < 4.78 is 91.4. The van der Waals surface area contributed by atoms with Crippen LogP contribution in [0.3, 0.4) is 0 Å². The van der Waals surface area contributed by atoms with Crippen LogP contribution < -0.4 is 4.74 Å². The molecule has 1 aromatic carbocycles. The van der Waals surface area contributed by atoms with Crippen LogP contribution in [-0.4, -0.2) is 376 Å². The Balaban J connectivity index is 1.02. The molecule has 0 aromatic heterocycles. The zero-order valence-electron chi connectivity index (χ0n) is 45.9. The van der Waals surface area contributed by atoms with Gasteiger partial charge in [-0.2, -0.15) is 0 Å². The van der Waals surface area contributed by atoms with Crippen LogP contribution >= 0.6 is 0 Å². The van der Waals surface area contributed by atoms with Crippen LogP contribution in [0.2, 0.25) is 0 Å². The molecule has 87 heavy (non-hydrogen) atoms. The van der Waals surface area contributed by atoms with E-state index in [1.165, 1.54) is 31.4 Å². The van der Waals surface area contributed by atoms with Crippen LogP contribution in [0, 0.1) is 0 Å². The van der Waals surface area contributed by atoms with E-state index in [1.54, 1.807) is 0 Å². The number of aliphatic hydroxyl groups is 20. The predicted molar refractivity (Wildman–Crippen MR) is 265 cm³/mol. The summed E-state index contributed by atoms with van der Waals surface area (Å²) in [5.74, 6) is -0.644. The molecule has 0 aliphatic carbocycles. The van der Waals surface area contributed by atoms with Gasteiger partial charge in [0.15, 0.2) is 44.0 Å². The molecule has 0 saturated carbocycles. The normalized spacial score (nSPS) is 50.2. The summed E-state index contributed by atoms with van der Waals surface area (Å²) in [5, 5.41) is 223. The Kier molecular flexibility index (Phi) is 23.1. The lowest BCUT2D eigenvalue weighted by molar-refractivity contribution is -0.396. The summed E-state index contributed by atoms with van der Waals surface area (Å²) in [7, 11) is 1.38. The summed E-state index contributed by atoms with van der Waals surface area (Å²) in [5.41, 5.74) is -0.0400. The minimum absolute atomic E-state index is 0.0400. The van der Waals surface area contributed by atoms with E-state index in [0.29, 0.717) is 5.75 Å². The van der Waals surface area contributed by atoms with Crippen LogP contribution in [0.25, 0.3) is 0 Å². The van der Waals surface area contributed by atoms with Gasteiger partial charge in [-0.15, -0.1) is 0 Å². The summed E-state index contributed by atoms with van der Waals surface area (Å²) >= 11 is 0. The Morgan fingerprint density at radius 1 is 0.310 bits per heavy atom. The van der Waals surface area contributed by atoms with Gasteiger partial charge >= 0.3 is 5.97 Å². The summed E-state index contributed by atoms with van der Waals surface area (Å²) in [6, 6.07) is 5.51. The number of carbonyl (C=O) groups is 1. The van der Waals surface area contributed by atoms with E-state index in [4.69, 9.17) is 75.8 Å². The molecule has 0 unspecified atom stereocenters. The summed E-state index contributed by atoms with van der Waals surface area (Å²) in [6.45, 7) is -7.34. The molecule has 21 fully saturated rings. The molecule has 21 aliphatic heterocycles. The molecule has 21 heterocycles. The molecule has 22 rings (SSSR count). The topological polar surface area (TPSA) is 569 Å². The average Bonchev–Trinajstić information content (AvgIpc) is 2.19. The number of ether oxygens (including phenoxy) is 16. The number of hydrogen-bond acceptors (Lipinski definition) is 37. The van der Waals surface area contributed by atoms with Crippen molar-refractivity contribution >= 4 is 5.97 Å². The summed E-state index contributed by atoms with van der Waals surface area (Å²) in [4.78, 5) is 13.4. The first kappa shape index (κ1) is 68.5. The molecule has 1 aromatic rings. The van der Waals surface area contributed by atoms with Crippen molar-refractivity contribution in [3.63, 3.8) is 0 Å². The largest absolute Gasteiger partial charge is 0.497 e. The number of benzene rings is 1. The van der Waals surface area contributed by atoms with Crippen LogP contribution in [0.15, 0.2) is 24.3 Å². The lowest BCUT2D eigenvalue weighted by atomic mass is 9.95. The standard InChI is InChI=1S/C50H76O37/c1-72-14-4-2-13(3-5-14)43(71)73-12-21-42-28(63)35(70)50(80-21)86-41-20(11-56)78-48(33(68)26(41)61)84-39-18(9-54)76-46(31(66)24(39)59)82-37-16(7-52)74-44(29(64)22(37)57)81-36-15(6-51)75-45(30(65)23(36)58)83-38-17(8-53)77-47(32(67)25(38)60)85-40-19(10-55)79-49(87-42)34(69)27(40)62/h2-5,15-42,44-70H,6-12H2,1H3/t15-,16-,17-,18-,19-,20-,21-,22-,23-,24-,25-,26-,27-,28-,29-,30-,31-,32-,33-,34-,35-,36-,37-,38-,39-,40-,41-,42-,44-,45-,46-,47-,48-,49-,50-/m1/s1. The molecule has 0 amide bonds. The van der Waals surface area contributed by atoms with Crippen molar-refractivity contribution in [3.8, 4) is 5.75 Å². The third kappa shape index (κ3) is 13.9. The van der Waals surface area contributed by atoms with Gasteiger partial charge in [-0.05, 0) is 24.3 Å². The van der Waals surface area contributed by atoms with Crippen molar-refractivity contribution in [2.75, 3.05) is 53.4 Å². The fourth-order valence-corrected chi connectivity index (χ4v) is 11.4. The lowest BCUT2D eigenvalue weighted by Crippen LogP contribution is -2.68. The number of hydrogen-bond donors (Lipinski definition) is 20. The Hall–Kier alpha value is -2.87.